The highest BCUT2D eigenvalue weighted by Gasteiger charge is 2.44. The zero-order valence-corrected chi connectivity index (χ0v) is 9.59. The monoisotopic (exact) mass is 207 g/mol. The lowest BCUT2D eigenvalue weighted by molar-refractivity contribution is -0.130. The second-order valence-corrected chi connectivity index (χ2v) is 4.91. The number of nitrogens with zero attached hydrogens (tertiary/aromatic N) is 1. The highest BCUT2D eigenvalue weighted by molar-refractivity contribution is 6.07. The first-order valence-electron chi connectivity index (χ1n) is 5.48. The third-order valence-corrected chi connectivity index (χ3v) is 3.84. The van der Waals surface area contributed by atoms with Gasteiger partial charge in [0.15, 0.2) is 5.78 Å². The first-order valence-corrected chi connectivity index (χ1v) is 5.48. The minimum atomic E-state index is -0.229. The van der Waals surface area contributed by atoms with Gasteiger partial charge in [0, 0.05) is 29.7 Å². The standard InChI is InChI=1S/C12H17NO2/c1-8-9(2)11(15)13-6-4-5-12(13,3)7-10(8)14/h4-7H2,1-3H3. The Balaban J connectivity index is 2.47. The summed E-state index contributed by atoms with van der Waals surface area (Å²) in [6.07, 6.45) is 2.45. The Bertz CT molecular complexity index is 370. The molecule has 82 valence electrons. The molecule has 0 aromatic rings. The van der Waals surface area contributed by atoms with Crippen LogP contribution in [0.2, 0.25) is 0 Å². The van der Waals surface area contributed by atoms with E-state index < -0.39 is 0 Å². The SMILES string of the molecule is CC1=C(C)C(=O)N2CCCC2(C)CC1=O. The van der Waals surface area contributed by atoms with Crippen molar-refractivity contribution in [3.05, 3.63) is 11.1 Å². The van der Waals surface area contributed by atoms with E-state index in [1.165, 1.54) is 0 Å². The van der Waals surface area contributed by atoms with Gasteiger partial charge in [0.25, 0.3) is 0 Å². The number of Topliss-reactive ketones (excluding diaryl/α,β-unsaturated/α-hetero) is 1. The highest BCUT2D eigenvalue weighted by atomic mass is 16.2. The number of amides is 1. The third kappa shape index (κ3) is 1.41. The zero-order valence-electron chi connectivity index (χ0n) is 9.59. The number of carbonyl (C=O) groups is 2. The highest BCUT2D eigenvalue weighted by Crippen LogP contribution is 2.36. The molecular weight excluding hydrogens is 190 g/mol. The van der Waals surface area contributed by atoms with Crippen LogP contribution in [-0.2, 0) is 9.59 Å². The van der Waals surface area contributed by atoms with Crippen molar-refractivity contribution >= 4 is 11.7 Å². The number of fused-ring (bicyclic) bond motifs is 1. The molecule has 3 nitrogen and oxygen atoms in total. The number of hydrogen-bond donors (Lipinski definition) is 0. The van der Waals surface area contributed by atoms with Crippen LogP contribution in [0.3, 0.4) is 0 Å². The molecule has 0 aromatic heterocycles. The van der Waals surface area contributed by atoms with Crippen LogP contribution in [0.15, 0.2) is 11.1 Å². The molecule has 1 unspecified atom stereocenters. The Morgan fingerprint density at radius 2 is 1.87 bits per heavy atom. The molecule has 1 saturated heterocycles. The van der Waals surface area contributed by atoms with Crippen molar-refractivity contribution in [1.29, 1.82) is 0 Å². The van der Waals surface area contributed by atoms with Crippen LogP contribution in [0.4, 0.5) is 0 Å². The van der Waals surface area contributed by atoms with E-state index in [1.54, 1.807) is 13.8 Å². The maximum atomic E-state index is 12.1. The summed E-state index contributed by atoms with van der Waals surface area (Å²) in [5.41, 5.74) is 1.05. The molecule has 3 heteroatoms. The van der Waals surface area contributed by atoms with Crippen molar-refractivity contribution in [3.63, 3.8) is 0 Å². The second kappa shape index (κ2) is 3.19. The normalized spacial score (nSPS) is 32.1. The van der Waals surface area contributed by atoms with E-state index in [4.69, 9.17) is 0 Å². The van der Waals surface area contributed by atoms with E-state index in [2.05, 4.69) is 0 Å². The Morgan fingerprint density at radius 3 is 2.53 bits per heavy atom. The average molecular weight is 207 g/mol. The van der Waals surface area contributed by atoms with Crippen LogP contribution in [0.5, 0.6) is 0 Å². The second-order valence-electron chi connectivity index (χ2n) is 4.91. The molecule has 0 radical (unpaired) electrons. The number of ketones is 1. The Kier molecular flexibility index (Phi) is 2.21. The summed E-state index contributed by atoms with van der Waals surface area (Å²) in [4.78, 5) is 25.9. The molecule has 0 bridgehead atoms. The molecule has 1 fully saturated rings. The maximum absolute atomic E-state index is 12.1. The minimum absolute atomic E-state index is 0.0540. The maximum Gasteiger partial charge on any atom is 0.250 e. The van der Waals surface area contributed by atoms with E-state index >= 15 is 0 Å². The van der Waals surface area contributed by atoms with Crippen LogP contribution >= 0.6 is 0 Å². The summed E-state index contributed by atoms with van der Waals surface area (Å²) < 4.78 is 0. The van der Waals surface area contributed by atoms with Crippen molar-refractivity contribution in [1.82, 2.24) is 4.90 Å². The molecule has 0 spiro atoms. The first-order chi connectivity index (χ1) is 6.96. The van der Waals surface area contributed by atoms with Gasteiger partial charge in [-0.25, -0.2) is 0 Å². The summed E-state index contributed by atoms with van der Waals surface area (Å²) in [7, 11) is 0. The summed E-state index contributed by atoms with van der Waals surface area (Å²) in [6.45, 7) is 6.36. The van der Waals surface area contributed by atoms with Gasteiger partial charge in [-0.3, -0.25) is 9.59 Å². The van der Waals surface area contributed by atoms with E-state index in [1.807, 2.05) is 11.8 Å². The quantitative estimate of drug-likeness (QED) is 0.606. The van der Waals surface area contributed by atoms with Crippen molar-refractivity contribution in [2.24, 2.45) is 0 Å². The van der Waals surface area contributed by atoms with E-state index in [0.717, 1.165) is 19.4 Å². The molecule has 15 heavy (non-hydrogen) atoms. The van der Waals surface area contributed by atoms with Gasteiger partial charge in [-0.1, -0.05) is 0 Å². The molecular formula is C12H17NO2. The molecule has 0 aromatic carbocycles. The van der Waals surface area contributed by atoms with Gasteiger partial charge in [-0.2, -0.15) is 0 Å². The number of allylic oxidation sites excluding steroid dienone is 1. The lowest BCUT2D eigenvalue weighted by Crippen LogP contribution is -2.45. The largest absolute Gasteiger partial charge is 0.333 e. The van der Waals surface area contributed by atoms with E-state index in [0.29, 0.717) is 17.6 Å². The van der Waals surface area contributed by atoms with Gasteiger partial charge in [0.2, 0.25) is 5.91 Å². The van der Waals surface area contributed by atoms with E-state index in [9.17, 15) is 9.59 Å². The van der Waals surface area contributed by atoms with Crippen molar-refractivity contribution < 1.29 is 9.59 Å². The number of carbonyl (C=O) groups excluding carboxylic acids is 2. The Morgan fingerprint density at radius 1 is 1.20 bits per heavy atom. The van der Waals surface area contributed by atoms with Gasteiger partial charge in [-0.15, -0.1) is 0 Å². The lowest BCUT2D eigenvalue weighted by atomic mass is 9.91. The van der Waals surface area contributed by atoms with Crippen molar-refractivity contribution in [3.8, 4) is 0 Å². The molecule has 2 aliphatic heterocycles. The number of hydrogen-bond acceptors (Lipinski definition) is 2. The fourth-order valence-corrected chi connectivity index (χ4v) is 2.60. The molecule has 0 saturated carbocycles. The first kappa shape index (κ1) is 10.4. The van der Waals surface area contributed by atoms with Crippen LogP contribution in [0, 0.1) is 0 Å². The summed E-state index contributed by atoms with van der Waals surface area (Å²) in [6, 6.07) is 0. The summed E-state index contributed by atoms with van der Waals surface area (Å²) in [5, 5.41) is 0. The molecule has 0 N–H and O–H groups in total. The fraction of sp³-hybridized carbons (Fsp3) is 0.667. The summed E-state index contributed by atoms with van der Waals surface area (Å²) in [5.74, 6) is 0.186. The predicted molar refractivity (Wildman–Crippen MR) is 57.4 cm³/mol. The fourth-order valence-electron chi connectivity index (χ4n) is 2.60. The van der Waals surface area contributed by atoms with Gasteiger partial charge < -0.3 is 4.90 Å². The van der Waals surface area contributed by atoms with Gasteiger partial charge in [-0.05, 0) is 33.6 Å². The molecule has 1 amide bonds. The minimum Gasteiger partial charge on any atom is -0.333 e. The average Bonchev–Trinajstić information content (AvgIpc) is 2.53. The van der Waals surface area contributed by atoms with Gasteiger partial charge >= 0.3 is 0 Å². The van der Waals surface area contributed by atoms with E-state index in [-0.39, 0.29) is 17.2 Å². The van der Waals surface area contributed by atoms with Crippen LogP contribution in [-0.4, -0.2) is 28.7 Å². The molecule has 2 aliphatic rings. The molecule has 2 heterocycles. The van der Waals surface area contributed by atoms with Gasteiger partial charge in [0.1, 0.15) is 0 Å². The smallest absolute Gasteiger partial charge is 0.250 e. The Labute approximate surface area is 90.1 Å². The molecule has 1 atom stereocenters. The topological polar surface area (TPSA) is 37.4 Å². The van der Waals surface area contributed by atoms with Crippen molar-refractivity contribution in [2.75, 3.05) is 6.54 Å². The predicted octanol–water partition coefficient (Wildman–Crippen LogP) is 1.68. The van der Waals surface area contributed by atoms with Crippen molar-refractivity contribution in [2.45, 2.75) is 45.6 Å². The Hall–Kier alpha value is -1.12. The van der Waals surface area contributed by atoms with Crippen LogP contribution in [0.1, 0.15) is 40.0 Å². The summed E-state index contributed by atoms with van der Waals surface area (Å²) >= 11 is 0. The number of rotatable bonds is 0. The lowest BCUT2D eigenvalue weighted by Gasteiger charge is -2.33. The molecule has 2 rings (SSSR count). The van der Waals surface area contributed by atoms with Crippen LogP contribution in [0.25, 0.3) is 0 Å². The molecule has 0 aliphatic carbocycles. The third-order valence-electron chi connectivity index (χ3n) is 3.84. The zero-order chi connectivity index (χ0) is 11.2. The van der Waals surface area contributed by atoms with Crippen LogP contribution < -0.4 is 0 Å². The van der Waals surface area contributed by atoms with Gasteiger partial charge in [0.05, 0.1) is 0 Å².